The third-order valence-corrected chi connectivity index (χ3v) is 5.02. The van der Waals surface area contributed by atoms with Crippen molar-refractivity contribution in [1.29, 1.82) is 0 Å². The lowest BCUT2D eigenvalue weighted by molar-refractivity contribution is -0.141. The Kier molecular flexibility index (Phi) is 4.11. The van der Waals surface area contributed by atoms with Crippen molar-refractivity contribution in [2.24, 2.45) is 0 Å². The molecule has 1 atom stereocenters. The van der Waals surface area contributed by atoms with Crippen LogP contribution in [0.5, 0.6) is 0 Å². The van der Waals surface area contributed by atoms with Crippen molar-refractivity contribution in [3.8, 4) is 0 Å². The number of piperidine rings is 1. The molecule has 132 valence electrons. The first-order valence-electron chi connectivity index (χ1n) is 7.14. The molecule has 0 aromatic carbocycles. The van der Waals surface area contributed by atoms with Gasteiger partial charge in [0.05, 0.1) is 6.26 Å². The van der Waals surface area contributed by atoms with Crippen LogP contribution in [0, 0.1) is 0 Å². The number of nitrogens with zero attached hydrogens (tertiary/aromatic N) is 5. The average Bonchev–Trinajstić information content (AvgIpc) is 2.94. The maximum absolute atomic E-state index is 13.0. The summed E-state index contributed by atoms with van der Waals surface area (Å²) in [6.07, 6.45) is -1.15. The molecule has 0 radical (unpaired) electrons. The summed E-state index contributed by atoms with van der Waals surface area (Å²) in [6, 6.07) is 0.519. The molecule has 1 fully saturated rings. The van der Waals surface area contributed by atoms with E-state index in [4.69, 9.17) is 0 Å². The monoisotopic (exact) mass is 364 g/mol. The third-order valence-electron chi connectivity index (χ3n) is 3.75. The molecule has 24 heavy (non-hydrogen) atoms. The second kappa shape index (κ2) is 5.84. The molecule has 1 aliphatic heterocycles. The Bertz CT molecular complexity index is 850. The summed E-state index contributed by atoms with van der Waals surface area (Å²) in [6.45, 7) is 0.582. The van der Waals surface area contributed by atoms with Gasteiger partial charge in [-0.15, -0.1) is 0 Å². The van der Waals surface area contributed by atoms with Crippen LogP contribution in [0.15, 0.2) is 12.4 Å². The minimum atomic E-state index is -4.62. The molecule has 1 aliphatic rings. The number of nitrogens with one attached hydrogen (secondary N) is 1. The Labute approximate surface area is 135 Å². The van der Waals surface area contributed by atoms with E-state index in [2.05, 4.69) is 20.4 Å². The van der Waals surface area contributed by atoms with Crippen molar-refractivity contribution >= 4 is 21.6 Å². The summed E-state index contributed by atoms with van der Waals surface area (Å²) in [5.74, 6) is -0.103. The Morgan fingerprint density at radius 2 is 2.12 bits per heavy atom. The molecule has 0 saturated carbocycles. The molecule has 1 unspecified atom stereocenters. The molecule has 0 aliphatic carbocycles. The van der Waals surface area contributed by atoms with Crippen molar-refractivity contribution in [2.45, 2.75) is 25.1 Å². The normalized spacial score (nSPS) is 20.4. The van der Waals surface area contributed by atoms with Gasteiger partial charge in [0.1, 0.15) is 12.1 Å². The van der Waals surface area contributed by atoms with Gasteiger partial charge in [-0.1, -0.05) is 0 Å². The van der Waals surface area contributed by atoms with Gasteiger partial charge in [0, 0.05) is 25.2 Å². The maximum Gasteiger partial charge on any atom is 0.433 e. The van der Waals surface area contributed by atoms with Gasteiger partial charge in [-0.05, 0) is 12.8 Å². The number of alkyl halides is 3. The van der Waals surface area contributed by atoms with Crippen LogP contribution >= 0.6 is 0 Å². The van der Waals surface area contributed by atoms with Crippen LogP contribution in [0.4, 0.5) is 19.0 Å². The molecule has 2 aromatic heterocycles. The summed E-state index contributed by atoms with van der Waals surface area (Å²) in [7, 11) is -3.35. The van der Waals surface area contributed by atoms with E-state index >= 15 is 0 Å². The summed E-state index contributed by atoms with van der Waals surface area (Å²) in [5, 5.41) is 6.80. The topological polar surface area (TPSA) is 92.5 Å². The van der Waals surface area contributed by atoms with Crippen LogP contribution in [0.2, 0.25) is 0 Å². The van der Waals surface area contributed by atoms with Gasteiger partial charge in [0.25, 0.3) is 5.78 Å². The van der Waals surface area contributed by atoms with Crippen molar-refractivity contribution in [2.75, 3.05) is 24.7 Å². The number of halogens is 3. The Hall–Kier alpha value is -1.95. The number of hydrogen-bond acceptors (Lipinski definition) is 6. The van der Waals surface area contributed by atoms with Gasteiger partial charge in [-0.2, -0.15) is 27.8 Å². The number of hydrogen-bond donors (Lipinski definition) is 1. The molecule has 1 saturated heterocycles. The number of aromatic nitrogens is 4. The van der Waals surface area contributed by atoms with Gasteiger partial charge in [0.2, 0.25) is 10.0 Å². The first-order chi connectivity index (χ1) is 11.1. The lowest BCUT2D eigenvalue weighted by Crippen LogP contribution is -2.44. The van der Waals surface area contributed by atoms with Crippen molar-refractivity contribution < 1.29 is 21.6 Å². The SMILES string of the molecule is CS(=O)(=O)N1CCCC(Nc2cc(C(F)(F)F)nc3ncnn23)C1. The fourth-order valence-corrected chi connectivity index (χ4v) is 3.54. The van der Waals surface area contributed by atoms with E-state index in [9.17, 15) is 21.6 Å². The van der Waals surface area contributed by atoms with E-state index in [-0.39, 0.29) is 24.2 Å². The molecule has 0 bridgehead atoms. The van der Waals surface area contributed by atoms with Crippen molar-refractivity contribution in [3.05, 3.63) is 18.1 Å². The van der Waals surface area contributed by atoms with Gasteiger partial charge in [0.15, 0.2) is 5.69 Å². The van der Waals surface area contributed by atoms with Gasteiger partial charge >= 0.3 is 6.18 Å². The smallest absolute Gasteiger partial charge is 0.366 e. The molecule has 0 amide bonds. The fourth-order valence-electron chi connectivity index (χ4n) is 2.63. The molecular weight excluding hydrogens is 349 g/mol. The molecule has 0 spiro atoms. The van der Waals surface area contributed by atoms with Crippen molar-refractivity contribution in [1.82, 2.24) is 23.9 Å². The summed E-state index contributed by atoms with van der Waals surface area (Å²) < 4.78 is 64.7. The number of fused-ring (bicyclic) bond motifs is 1. The molecule has 3 rings (SSSR count). The standard InChI is InChI=1S/C12H15F3N6O2S/c1-24(22,23)20-4-2-3-8(6-20)18-10-5-9(12(13,14)15)19-11-16-7-17-21(10)11/h5,7-8,18H,2-4,6H2,1H3. The van der Waals surface area contributed by atoms with Gasteiger partial charge in [-0.3, -0.25) is 0 Å². The summed E-state index contributed by atoms with van der Waals surface area (Å²) >= 11 is 0. The highest BCUT2D eigenvalue weighted by molar-refractivity contribution is 7.88. The van der Waals surface area contributed by atoms with E-state index in [1.54, 1.807) is 0 Å². The fraction of sp³-hybridized carbons (Fsp3) is 0.583. The van der Waals surface area contributed by atoms with Crippen LogP contribution in [0.3, 0.4) is 0 Å². The van der Waals surface area contributed by atoms with E-state index in [0.717, 1.165) is 23.2 Å². The zero-order valence-corrected chi connectivity index (χ0v) is 13.5. The molecule has 8 nitrogen and oxygen atoms in total. The number of rotatable bonds is 3. The van der Waals surface area contributed by atoms with Crippen LogP contribution in [0.25, 0.3) is 5.78 Å². The first-order valence-corrected chi connectivity index (χ1v) is 8.99. The molecular formula is C12H15F3N6O2S. The molecule has 3 heterocycles. The zero-order chi connectivity index (χ0) is 17.5. The molecule has 12 heteroatoms. The summed E-state index contributed by atoms with van der Waals surface area (Å²) in [4.78, 5) is 7.13. The van der Waals surface area contributed by atoms with Gasteiger partial charge < -0.3 is 5.32 Å². The molecule has 2 aromatic rings. The van der Waals surface area contributed by atoms with E-state index in [1.165, 1.54) is 4.31 Å². The lowest BCUT2D eigenvalue weighted by atomic mass is 10.1. The lowest BCUT2D eigenvalue weighted by Gasteiger charge is -2.32. The largest absolute Gasteiger partial charge is 0.433 e. The first kappa shape index (κ1) is 16.9. The Balaban J connectivity index is 1.90. The second-order valence-corrected chi connectivity index (χ2v) is 7.58. The summed E-state index contributed by atoms with van der Waals surface area (Å²) in [5.41, 5.74) is -1.08. The van der Waals surface area contributed by atoms with Crippen LogP contribution in [-0.4, -0.2) is 57.7 Å². The average molecular weight is 364 g/mol. The highest BCUT2D eigenvalue weighted by atomic mass is 32.2. The molecule has 1 N–H and O–H groups in total. The minimum Gasteiger partial charge on any atom is -0.366 e. The maximum atomic E-state index is 13.0. The van der Waals surface area contributed by atoms with Crippen molar-refractivity contribution in [3.63, 3.8) is 0 Å². The van der Waals surface area contributed by atoms with E-state index < -0.39 is 21.9 Å². The third kappa shape index (κ3) is 3.43. The van der Waals surface area contributed by atoms with E-state index in [0.29, 0.717) is 19.4 Å². The zero-order valence-electron chi connectivity index (χ0n) is 12.7. The highest BCUT2D eigenvalue weighted by Gasteiger charge is 2.34. The minimum absolute atomic E-state index is 0.0742. The van der Waals surface area contributed by atoms with Gasteiger partial charge in [-0.25, -0.2) is 17.7 Å². The van der Waals surface area contributed by atoms with E-state index in [1.807, 2.05) is 0 Å². The Morgan fingerprint density at radius 1 is 1.38 bits per heavy atom. The van der Waals surface area contributed by atoms with Crippen LogP contribution < -0.4 is 5.32 Å². The predicted octanol–water partition coefficient (Wildman–Crippen LogP) is 0.979. The number of sulfonamides is 1. The Morgan fingerprint density at radius 3 is 2.79 bits per heavy atom. The highest BCUT2D eigenvalue weighted by Crippen LogP contribution is 2.30. The quantitative estimate of drug-likeness (QED) is 0.873. The number of anilines is 1. The van der Waals surface area contributed by atoms with Crippen LogP contribution in [0.1, 0.15) is 18.5 Å². The predicted molar refractivity (Wildman–Crippen MR) is 78.8 cm³/mol. The second-order valence-electron chi connectivity index (χ2n) is 5.60. The van der Waals surface area contributed by atoms with Crippen LogP contribution in [-0.2, 0) is 16.2 Å².